The molecule has 0 saturated heterocycles. The lowest BCUT2D eigenvalue weighted by atomic mass is 9.82. The van der Waals surface area contributed by atoms with Gasteiger partial charge in [-0.3, -0.25) is 0 Å². The minimum Gasteiger partial charge on any atom is -0.366 e. The Morgan fingerprint density at radius 1 is 1.46 bits per heavy atom. The van der Waals surface area contributed by atoms with Crippen molar-refractivity contribution in [1.82, 2.24) is 10.6 Å². The highest BCUT2D eigenvalue weighted by Gasteiger charge is 2.18. The predicted molar refractivity (Wildman–Crippen MR) is 60.8 cm³/mol. The Morgan fingerprint density at radius 2 is 2.23 bits per heavy atom. The minimum absolute atomic E-state index is 0.776. The van der Waals surface area contributed by atoms with E-state index in [1.807, 2.05) is 7.05 Å². The van der Waals surface area contributed by atoms with Crippen molar-refractivity contribution in [2.75, 3.05) is 13.6 Å². The summed E-state index contributed by atoms with van der Waals surface area (Å²) in [5, 5.41) is 6.96. The maximum Gasteiger partial charge on any atom is 0.166 e. The third-order valence-corrected chi connectivity index (χ3v) is 3.17. The van der Waals surface area contributed by atoms with Gasteiger partial charge in [0, 0.05) is 13.6 Å². The minimum atomic E-state index is 0.776. The lowest BCUT2D eigenvalue weighted by molar-refractivity contribution is 0.282. The number of hydrogen-bond donors (Lipinski definition) is 2. The van der Waals surface area contributed by atoms with Crippen molar-refractivity contribution in [3.8, 4) is 0 Å². The van der Waals surface area contributed by atoms with Gasteiger partial charge in [0.2, 0.25) is 0 Å². The summed E-state index contributed by atoms with van der Waals surface area (Å²) >= 11 is 5.03. The van der Waals surface area contributed by atoms with Gasteiger partial charge in [-0.05, 0) is 36.9 Å². The second-order valence-corrected chi connectivity index (χ2v) is 4.51. The Hall–Kier alpha value is -0.310. The summed E-state index contributed by atoms with van der Waals surface area (Å²) < 4.78 is 0. The van der Waals surface area contributed by atoms with E-state index in [0.29, 0.717) is 0 Å². The zero-order valence-corrected chi connectivity index (χ0v) is 9.41. The van der Waals surface area contributed by atoms with Crippen molar-refractivity contribution in [1.29, 1.82) is 0 Å². The molecule has 1 aliphatic carbocycles. The highest BCUT2D eigenvalue weighted by atomic mass is 32.1. The smallest absolute Gasteiger partial charge is 0.166 e. The van der Waals surface area contributed by atoms with Gasteiger partial charge < -0.3 is 10.6 Å². The van der Waals surface area contributed by atoms with Crippen LogP contribution in [0.25, 0.3) is 0 Å². The van der Waals surface area contributed by atoms with Gasteiger partial charge in [-0.15, -0.1) is 0 Å². The summed E-state index contributed by atoms with van der Waals surface area (Å²) in [6, 6.07) is 0. The molecule has 0 amide bonds. The fourth-order valence-electron chi connectivity index (χ4n) is 2.07. The van der Waals surface area contributed by atoms with Gasteiger partial charge in [0.05, 0.1) is 0 Å². The summed E-state index contributed by atoms with van der Waals surface area (Å²) in [7, 11) is 1.86. The molecule has 0 aromatic rings. The molecule has 1 saturated carbocycles. The summed E-state index contributed by atoms with van der Waals surface area (Å²) in [6.07, 6.45) is 5.52. The standard InChI is InChI=1S/C10H20N2S/c1-8-4-3-5-9(6-8)7-12-10(13)11-2/h8-9H,3-7H2,1-2H3,(H2,11,12,13). The van der Waals surface area contributed by atoms with Gasteiger partial charge >= 0.3 is 0 Å². The average Bonchev–Trinajstić information content (AvgIpc) is 2.14. The van der Waals surface area contributed by atoms with Crippen molar-refractivity contribution >= 4 is 17.3 Å². The van der Waals surface area contributed by atoms with Crippen LogP contribution in [0, 0.1) is 11.8 Å². The highest BCUT2D eigenvalue weighted by Crippen LogP contribution is 2.27. The number of nitrogens with one attached hydrogen (secondary N) is 2. The molecule has 2 nitrogen and oxygen atoms in total. The topological polar surface area (TPSA) is 24.1 Å². The fraction of sp³-hybridized carbons (Fsp3) is 0.900. The quantitative estimate of drug-likeness (QED) is 0.666. The van der Waals surface area contributed by atoms with E-state index in [1.54, 1.807) is 0 Å². The van der Waals surface area contributed by atoms with Gasteiger partial charge in [0.1, 0.15) is 0 Å². The van der Waals surface area contributed by atoms with E-state index in [4.69, 9.17) is 12.2 Å². The summed E-state index contributed by atoms with van der Waals surface area (Å²) in [6.45, 7) is 3.40. The molecular weight excluding hydrogens is 180 g/mol. The second kappa shape index (κ2) is 5.43. The molecule has 1 aliphatic rings. The van der Waals surface area contributed by atoms with Crippen molar-refractivity contribution < 1.29 is 0 Å². The van der Waals surface area contributed by atoms with E-state index in [0.717, 1.165) is 23.5 Å². The average molecular weight is 200 g/mol. The SMILES string of the molecule is CNC(=S)NCC1CCCC(C)C1. The third kappa shape index (κ3) is 3.94. The van der Waals surface area contributed by atoms with Gasteiger partial charge in [0.25, 0.3) is 0 Å². The first-order chi connectivity index (χ1) is 6.22. The monoisotopic (exact) mass is 200 g/mol. The molecule has 1 fully saturated rings. The first-order valence-corrected chi connectivity index (χ1v) is 5.58. The van der Waals surface area contributed by atoms with Crippen LogP contribution in [0.15, 0.2) is 0 Å². The molecule has 0 aromatic carbocycles. The van der Waals surface area contributed by atoms with Crippen LogP contribution in [0.5, 0.6) is 0 Å². The van der Waals surface area contributed by atoms with Crippen LogP contribution in [0.1, 0.15) is 32.6 Å². The normalized spacial score (nSPS) is 28.2. The molecule has 0 spiro atoms. The second-order valence-electron chi connectivity index (χ2n) is 4.10. The first-order valence-electron chi connectivity index (χ1n) is 5.18. The molecule has 3 heteroatoms. The lowest BCUT2D eigenvalue weighted by Crippen LogP contribution is -2.36. The van der Waals surface area contributed by atoms with Gasteiger partial charge in [-0.2, -0.15) is 0 Å². The van der Waals surface area contributed by atoms with Crippen molar-refractivity contribution in [2.24, 2.45) is 11.8 Å². The molecule has 2 unspecified atom stereocenters. The van der Waals surface area contributed by atoms with E-state index in [1.165, 1.54) is 25.7 Å². The molecule has 0 radical (unpaired) electrons. The summed E-state index contributed by atoms with van der Waals surface area (Å²) in [5.41, 5.74) is 0. The van der Waals surface area contributed by atoms with Crippen molar-refractivity contribution in [2.45, 2.75) is 32.6 Å². The third-order valence-electron chi connectivity index (χ3n) is 2.82. The maximum atomic E-state index is 5.03. The lowest BCUT2D eigenvalue weighted by Gasteiger charge is -2.27. The van der Waals surface area contributed by atoms with Crippen LogP contribution in [0.3, 0.4) is 0 Å². The predicted octanol–water partition coefficient (Wildman–Crippen LogP) is 1.91. The summed E-state index contributed by atoms with van der Waals surface area (Å²) in [4.78, 5) is 0. The van der Waals surface area contributed by atoms with E-state index in [-0.39, 0.29) is 0 Å². The van der Waals surface area contributed by atoms with Crippen LogP contribution < -0.4 is 10.6 Å². The Morgan fingerprint density at radius 3 is 2.85 bits per heavy atom. The molecule has 0 heterocycles. The van der Waals surface area contributed by atoms with Crippen molar-refractivity contribution in [3.63, 3.8) is 0 Å². The van der Waals surface area contributed by atoms with Crippen LogP contribution >= 0.6 is 12.2 Å². The van der Waals surface area contributed by atoms with E-state index in [2.05, 4.69) is 17.6 Å². The van der Waals surface area contributed by atoms with Crippen LogP contribution in [0.4, 0.5) is 0 Å². The molecule has 0 aliphatic heterocycles. The number of thiocarbonyl (C=S) groups is 1. The Kier molecular flexibility index (Phi) is 4.50. The van der Waals surface area contributed by atoms with Gasteiger partial charge in [0.15, 0.2) is 5.11 Å². The number of rotatable bonds is 2. The fourth-order valence-corrected chi connectivity index (χ4v) is 2.15. The van der Waals surface area contributed by atoms with E-state index < -0.39 is 0 Å². The molecule has 0 bridgehead atoms. The largest absolute Gasteiger partial charge is 0.366 e. The zero-order valence-electron chi connectivity index (χ0n) is 8.60. The molecule has 13 heavy (non-hydrogen) atoms. The first kappa shape index (κ1) is 10.8. The molecule has 0 aromatic heterocycles. The van der Waals surface area contributed by atoms with Crippen LogP contribution in [-0.4, -0.2) is 18.7 Å². The van der Waals surface area contributed by atoms with E-state index >= 15 is 0 Å². The number of hydrogen-bond acceptors (Lipinski definition) is 1. The molecule has 2 atom stereocenters. The molecular formula is C10H20N2S. The Balaban J connectivity index is 2.17. The van der Waals surface area contributed by atoms with Crippen molar-refractivity contribution in [3.05, 3.63) is 0 Å². The van der Waals surface area contributed by atoms with Gasteiger partial charge in [-0.1, -0.05) is 19.8 Å². The zero-order chi connectivity index (χ0) is 9.68. The van der Waals surface area contributed by atoms with Crippen LogP contribution in [0.2, 0.25) is 0 Å². The molecule has 1 rings (SSSR count). The van der Waals surface area contributed by atoms with Crippen LogP contribution in [-0.2, 0) is 0 Å². The molecule has 76 valence electrons. The Bertz CT molecular complexity index is 170. The Labute approximate surface area is 86.5 Å². The van der Waals surface area contributed by atoms with E-state index in [9.17, 15) is 0 Å². The molecule has 2 N–H and O–H groups in total. The summed E-state index contributed by atoms with van der Waals surface area (Å²) in [5.74, 6) is 1.73. The maximum absolute atomic E-state index is 5.03. The highest BCUT2D eigenvalue weighted by molar-refractivity contribution is 7.80. The van der Waals surface area contributed by atoms with Gasteiger partial charge in [-0.25, -0.2) is 0 Å².